The molecule has 4 nitrogen and oxygen atoms in total. The lowest BCUT2D eigenvalue weighted by molar-refractivity contribution is -0.153. The van der Waals surface area contributed by atoms with Crippen molar-refractivity contribution in [2.24, 2.45) is 0 Å². The summed E-state index contributed by atoms with van der Waals surface area (Å²) < 4.78 is 0. The lowest BCUT2D eigenvalue weighted by atomic mass is 9.86. The lowest BCUT2D eigenvalue weighted by Gasteiger charge is -2.24. The topological polar surface area (TPSA) is 77.8 Å². The standard InChI is InChI=1S/C11H10O4/c12-9-3-1-2-7-6-11(15,10(13)14)5-4-8(7)9/h1-5,12,15H,6H2,(H,13,14). The number of hydrogen-bond acceptors (Lipinski definition) is 3. The van der Waals surface area contributed by atoms with E-state index in [2.05, 4.69) is 0 Å². The van der Waals surface area contributed by atoms with E-state index in [0.717, 1.165) is 0 Å². The van der Waals surface area contributed by atoms with Crippen molar-refractivity contribution in [3.05, 3.63) is 35.4 Å². The van der Waals surface area contributed by atoms with Crippen LogP contribution in [0.3, 0.4) is 0 Å². The van der Waals surface area contributed by atoms with Gasteiger partial charge < -0.3 is 15.3 Å². The molecule has 1 atom stereocenters. The molecule has 0 aliphatic heterocycles. The molecule has 0 amide bonds. The average Bonchev–Trinajstić information content (AvgIpc) is 2.17. The van der Waals surface area contributed by atoms with Gasteiger partial charge in [0.25, 0.3) is 0 Å². The normalized spacial score (nSPS) is 23.5. The van der Waals surface area contributed by atoms with Crippen molar-refractivity contribution >= 4 is 12.0 Å². The summed E-state index contributed by atoms with van der Waals surface area (Å²) in [7, 11) is 0. The first-order valence-electron chi connectivity index (χ1n) is 4.49. The summed E-state index contributed by atoms with van der Waals surface area (Å²) in [6, 6.07) is 4.83. The molecule has 0 heterocycles. The van der Waals surface area contributed by atoms with Gasteiger partial charge in [0.2, 0.25) is 0 Å². The maximum absolute atomic E-state index is 10.8. The molecule has 0 aromatic heterocycles. The van der Waals surface area contributed by atoms with Gasteiger partial charge in [-0.1, -0.05) is 18.2 Å². The minimum atomic E-state index is -1.86. The molecule has 1 aliphatic carbocycles. The predicted octanol–water partition coefficient (Wildman–Crippen LogP) is 0.777. The number of hydrogen-bond donors (Lipinski definition) is 3. The Morgan fingerprint density at radius 1 is 1.40 bits per heavy atom. The minimum absolute atomic E-state index is 0.0252. The van der Waals surface area contributed by atoms with Crippen LogP contribution in [0, 0.1) is 0 Å². The zero-order chi connectivity index (χ0) is 11.1. The number of benzene rings is 1. The maximum Gasteiger partial charge on any atom is 0.340 e. The van der Waals surface area contributed by atoms with Gasteiger partial charge in [0, 0.05) is 12.0 Å². The first-order chi connectivity index (χ1) is 7.03. The highest BCUT2D eigenvalue weighted by molar-refractivity contribution is 5.84. The second-order valence-electron chi connectivity index (χ2n) is 3.59. The molecule has 15 heavy (non-hydrogen) atoms. The Labute approximate surface area is 86.1 Å². The number of aromatic hydroxyl groups is 1. The molecule has 0 fully saturated rings. The second-order valence-corrected chi connectivity index (χ2v) is 3.59. The van der Waals surface area contributed by atoms with Crippen LogP contribution in [0.25, 0.3) is 6.08 Å². The van der Waals surface area contributed by atoms with E-state index in [1.165, 1.54) is 18.2 Å². The van der Waals surface area contributed by atoms with Gasteiger partial charge in [0.15, 0.2) is 5.60 Å². The van der Waals surface area contributed by atoms with Crippen LogP contribution in [0.15, 0.2) is 24.3 Å². The summed E-state index contributed by atoms with van der Waals surface area (Å²) in [6.07, 6.45) is 2.60. The highest BCUT2D eigenvalue weighted by Crippen LogP contribution is 2.31. The van der Waals surface area contributed by atoms with Gasteiger partial charge in [-0.25, -0.2) is 4.79 Å². The van der Waals surface area contributed by atoms with Crippen molar-refractivity contribution < 1.29 is 20.1 Å². The van der Waals surface area contributed by atoms with E-state index >= 15 is 0 Å². The molecular weight excluding hydrogens is 196 g/mol. The van der Waals surface area contributed by atoms with Gasteiger partial charge in [-0.2, -0.15) is 0 Å². The third-order valence-electron chi connectivity index (χ3n) is 2.53. The Morgan fingerprint density at radius 3 is 2.80 bits per heavy atom. The smallest absolute Gasteiger partial charge is 0.340 e. The second kappa shape index (κ2) is 3.10. The number of fused-ring (bicyclic) bond motifs is 1. The molecular formula is C11H10O4. The number of aliphatic hydroxyl groups is 1. The highest BCUT2D eigenvalue weighted by Gasteiger charge is 2.36. The third-order valence-corrected chi connectivity index (χ3v) is 2.53. The van der Waals surface area contributed by atoms with E-state index in [9.17, 15) is 15.0 Å². The molecule has 4 heteroatoms. The fourth-order valence-corrected chi connectivity index (χ4v) is 1.66. The fourth-order valence-electron chi connectivity index (χ4n) is 1.66. The van der Waals surface area contributed by atoms with Crippen LogP contribution in [-0.4, -0.2) is 26.9 Å². The molecule has 0 bridgehead atoms. The van der Waals surface area contributed by atoms with E-state index in [4.69, 9.17) is 5.11 Å². The zero-order valence-corrected chi connectivity index (χ0v) is 7.84. The molecule has 2 rings (SSSR count). The van der Waals surface area contributed by atoms with Gasteiger partial charge in [-0.3, -0.25) is 0 Å². The predicted molar refractivity (Wildman–Crippen MR) is 53.4 cm³/mol. The van der Waals surface area contributed by atoms with Crippen LogP contribution < -0.4 is 0 Å². The Hall–Kier alpha value is -1.81. The van der Waals surface area contributed by atoms with Crippen LogP contribution in [0.4, 0.5) is 0 Å². The molecule has 0 saturated carbocycles. The zero-order valence-electron chi connectivity index (χ0n) is 7.84. The molecule has 0 saturated heterocycles. The van der Waals surface area contributed by atoms with Gasteiger partial charge in [0.1, 0.15) is 5.75 Å². The van der Waals surface area contributed by atoms with Gasteiger partial charge in [-0.15, -0.1) is 0 Å². The van der Waals surface area contributed by atoms with Gasteiger partial charge in [-0.05, 0) is 17.7 Å². The van der Waals surface area contributed by atoms with Gasteiger partial charge in [0.05, 0.1) is 0 Å². The van der Waals surface area contributed by atoms with E-state index in [1.54, 1.807) is 12.1 Å². The minimum Gasteiger partial charge on any atom is -0.507 e. The Morgan fingerprint density at radius 2 is 2.13 bits per heavy atom. The summed E-state index contributed by atoms with van der Waals surface area (Å²) in [5.41, 5.74) is -0.660. The Bertz CT molecular complexity index is 450. The monoisotopic (exact) mass is 206 g/mol. The Balaban J connectivity index is 2.49. The first kappa shape index (κ1) is 9.73. The van der Waals surface area contributed by atoms with Gasteiger partial charge >= 0.3 is 5.97 Å². The van der Waals surface area contributed by atoms with Crippen LogP contribution in [0.2, 0.25) is 0 Å². The van der Waals surface area contributed by atoms with E-state index in [1.807, 2.05) is 0 Å². The van der Waals surface area contributed by atoms with Crippen molar-refractivity contribution in [3.63, 3.8) is 0 Å². The summed E-state index contributed by atoms with van der Waals surface area (Å²) in [5, 5.41) is 28.0. The SMILES string of the molecule is O=C(O)C1(O)C=Cc2c(O)cccc2C1. The molecule has 0 spiro atoms. The highest BCUT2D eigenvalue weighted by atomic mass is 16.4. The number of phenolic OH excluding ortho intramolecular Hbond substituents is 1. The Kier molecular flexibility index (Phi) is 2.01. The average molecular weight is 206 g/mol. The van der Waals surface area contributed by atoms with E-state index < -0.39 is 11.6 Å². The summed E-state index contributed by atoms with van der Waals surface area (Å²) in [4.78, 5) is 10.8. The summed E-state index contributed by atoms with van der Waals surface area (Å²) in [6.45, 7) is 0. The number of carboxylic acids is 1. The van der Waals surface area contributed by atoms with Crippen molar-refractivity contribution in [1.82, 2.24) is 0 Å². The number of carbonyl (C=O) groups is 1. The molecule has 3 N–H and O–H groups in total. The molecule has 78 valence electrons. The fraction of sp³-hybridized carbons (Fsp3) is 0.182. The lowest BCUT2D eigenvalue weighted by Crippen LogP contribution is -2.40. The van der Waals surface area contributed by atoms with Crippen LogP contribution in [0.1, 0.15) is 11.1 Å². The number of phenols is 1. The van der Waals surface area contributed by atoms with Crippen molar-refractivity contribution in [2.45, 2.75) is 12.0 Å². The number of carboxylic acid groups (broad SMARTS) is 1. The van der Waals surface area contributed by atoms with Crippen LogP contribution >= 0.6 is 0 Å². The van der Waals surface area contributed by atoms with Crippen LogP contribution in [-0.2, 0) is 11.2 Å². The first-order valence-corrected chi connectivity index (χ1v) is 4.49. The van der Waals surface area contributed by atoms with Crippen molar-refractivity contribution in [3.8, 4) is 5.75 Å². The number of aliphatic carboxylic acids is 1. The van der Waals surface area contributed by atoms with E-state index in [-0.39, 0.29) is 12.2 Å². The third kappa shape index (κ3) is 1.49. The molecule has 1 aromatic rings. The quantitative estimate of drug-likeness (QED) is 0.634. The summed E-state index contributed by atoms with van der Waals surface area (Å²) in [5.74, 6) is -1.19. The van der Waals surface area contributed by atoms with E-state index in [0.29, 0.717) is 11.1 Å². The van der Waals surface area contributed by atoms with Crippen molar-refractivity contribution in [2.75, 3.05) is 0 Å². The molecule has 1 aliphatic rings. The molecule has 0 radical (unpaired) electrons. The summed E-state index contributed by atoms with van der Waals surface area (Å²) >= 11 is 0. The number of rotatable bonds is 1. The van der Waals surface area contributed by atoms with Crippen LogP contribution in [0.5, 0.6) is 5.75 Å². The largest absolute Gasteiger partial charge is 0.507 e. The molecule has 1 unspecified atom stereocenters. The molecule has 1 aromatic carbocycles. The maximum atomic E-state index is 10.8. The van der Waals surface area contributed by atoms with Crippen molar-refractivity contribution in [1.29, 1.82) is 0 Å².